The Morgan fingerprint density at radius 3 is 2.83 bits per heavy atom. The molecule has 0 bridgehead atoms. The van der Waals surface area contributed by atoms with Gasteiger partial charge in [0.25, 0.3) is 0 Å². The van der Waals surface area contributed by atoms with E-state index in [9.17, 15) is 4.79 Å². The van der Waals surface area contributed by atoms with Crippen molar-refractivity contribution in [3.63, 3.8) is 0 Å². The predicted molar refractivity (Wildman–Crippen MR) is 99.9 cm³/mol. The third-order valence-electron chi connectivity index (χ3n) is 5.90. The monoisotopic (exact) mass is 349 g/mol. The van der Waals surface area contributed by atoms with Gasteiger partial charge in [-0.3, -0.25) is 9.69 Å². The van der Waals surface area contributed by atoms with Crippen molar-refractivity contribution in [1.82, 2.24) is 10.2 Å². The minimum Gasteiger partial charge on any atom is -0.354 e. The number of rotatable bonds is 6. The summed E-state index contributed by atoms with van der Waals surface area (Å²) in [6.45, 7) is 5.97. The van der Waals surface area contributed by atoms with E-state index in [2.05, 4.69) is 34.7 Å². The largest absolute Gasteiger partial charge is 0.354 e. The zero-order valence-electron chi connectivity index (χ0n) is 14.7. The molecule has 1 saturated heterocycles. The number of carbonyl (C=O) groups excluding carboxylic acids is 1. The van der Waals surface area contributed by atoms with E-state index in [4.69, 9.17) is 5.73 Å². The highest BCUT2D eigenvalue weighted by molar-refractivity contribution is 7.10. The molecular formula is C19H31N3OS. The third-order valence-corrected chi connectivity index (χ3v) is 6.87. The van der Waals surface area contributed by atoms with E-state index < -0.39 is 0 Å². The molecular weight excluding hydrogens is 318 g/mol. The summed E-state index contributed by atoms with van der Waals surface area (Å²) in [6.07, 6.45) is 5.76. The molecule has 2 heterocycles. The number of hydrogen-bond acceptors (Lipinski definition) is 4. The minimum absolute atomic E-state index is 0.125. The molecule has 1 aliphatic carbocycles. The van der Waals surface area contributed by atoms with Gasteiger partial charge in [-0.2, -0.15) is 0 Å². The van der Waals surface area contributed by atoms with Crippen LogP contribution in [0.5, 0.6) is 0 Å². The number of nitrogens with zero attached hydrogens (tertiary/aromatic N) is 1. The molecule has 134 valence electrons. The molecule has 3 rings (SSSR count). The Labute approximate surface area is 149 Å². The standard InChI is InChI=1S/C19H31N3OS/c1-14-7-9-22(10-8-14)17(18-6-3-11-24-18)13-21-19(23)16-5-2-4-15(16)12-20/h3,6,11,14-17H,2,4-5,7-10,12-13,20H2,1H3,(H,21,23)/t15-,16-,17?/m1/s1. The lowest BCUT2D eigenvalue weighted by atomic mass is 9.95. The maximum Gasteiger partial charge on any atom is 0.223 e. The van der Waals surface area contributed by atoms with Crippen molar-refractivity contribution >= 4 is 17.2 Å². The molecule has 1 amide bonds. The van der Waals surface area contributed by atoms with E-state index in [-0.39, 0.29) is 11.8 Å². The zero-order valence-corrected chi connectivity index (χ0v) is 15.6. The van der Waals surface area contributed by atoms with Crippen molar-refractivity contribution in [2.75, 3.05) is 26.2 Å². The number of amides is 1. The number of piperidine rings is 1. The van der Waals surface area contributed by atoms with Crippen LogP contribution in [0, 0.1) is 17.8 Å². The topological polar surface area (TPSA) is 58.4 Å². The van der Waals surface area contributed by atoms with Crippen molar-refractivity contribution in [2.24, 2.45) is 23.5 Å². The molecule has 5 heteroatoms. The van der Waals surface area contributed by atoms with Gasteiger partial charge in [0, 0.05) is 17.3 Å². The van der Waals surface area contributed by atoms with Crippen LogP contribution >= 0.6 is 11.3 Å². The molecule has 3 N–H and O–H groups in total. The lowest BCUT2D eigenvalue weighted by Crippen LogP contribution is -2.43. The summed E-state index contributed by atoms with van der Waals surface area (Å²) in [5.74, 6) is 1.54. The Bertz CT molecular complexity index is 511. The van der Waals surface area contributed by atoms with E-state index in [0.717, 1.165) is 44.8 Å². The van der Waals surface area contributed by atoms with Gasteiger partial charge < -0.3 is 11.1 Å². The zero-order chi connectivity index (χ0) is 16.9. The van der Waals surface area contributed by atoms with E-state index in [0.29, 0.717) is 18.5 Å². The second-order valence-corrected chi connectivity index (χ2v) is 8.51. The van der Waals surface area contributed by atoms with Crippen LogP contribution in [0.1, 0.15) is 49.9 Å². The second kappa shape index (κ2) is 8.45. The Hall–Kier alpha value is -0.910. The molecule has 2 fully saturated rings. The highest BCUT2D eigenvalue weighted by atomic mass is 32.1. The maximum atomic E-state index is 12.6. The van der Waals surface area contributed by atoms with Crippen molar-refractivity contribution < 1.29 is 4.79 Å². The Balaban J connectivity index is 1.61. The average Bonchev–Trinajstić information content (AvgIpc) is 3.27. The SMILES string of the molecule is CC1CCN(C(CNC(=O)[C@@H]2CCC[C@@H]2CN)c2cccs2)CC1. The fourth-order valence-corrected chi connectivity index (χ4v) is 5.08. The van der Waals surface area contributed by atoms with Gasteiger partial charge in [0.15, 0.2) is 0 Å². The summed E-state index contributed by atoms with van der Waals surface area (Å²) in [5, 5.41) is 5.39. The lowest BCUT2D eigenvalue weighted by molar-refractivity contribution is -0.126. The van der Waals surface area contributed by atoms with Gasteiger partial charge in [0.2, 0.25) is 5.91 Å². The van der Waals surface area contributed by atoms with Crippen molar-refractivity contribution in [3.05, 3.63) is 22.4 Å². The maximum absolute atomic E-state index is 12.6. The van der Waals surface area contributed by atoms with Crippen LogP contribution in [-0.2, 0) is 4.79 Å². The fourth-order valence-electron chi connectivity index (χ4n) is 4.22. The highest BCUT2D eigenvalue weighted by Gasteiger charge is 2.33. The summed E-state index contributed by atoms with van der Waals surface area (Å²) >= 11 is 1.80. The van der Waals surface area contributed by atoms with Crippen LogP contribution in [0.3, 0.4) is 0 Å². The van der Waals surface area contributed by atoms with Crippen molar-refractivity contribution in [1.29, 1.82) is 0 Å². The normalized spacial score (nSPS) is 27.2. The number of thiophene rings is 1. The predicted octanol–water partition coefficient (Wildman–Crippen LogP) is 3.01. The van der Waals surface area contributed by atoms with Crippen LogP contribution < -0.4 is 11.1 Å². The number of hydrogen-bond donors (Lipinski definition) is 2. The van der Waals surface area contributed by atoms with Crippen LogP contribution in [0.2, 0.25) is 0 Å². The first-order valence-corrected chi connectivity index (χ1v) is 10.3. The molecule has 24 heavy (non-hydrogen) atoms. The molecule has 1 aromatic rings. The van der Waals surface area contributed by atoms with Crippen LogP contribution in [0.15, 0.2) is 17.5 Å². The summed E-state index contributed by atoms with van der Waals surface area (Å²) < 4.78 is 0. The first-order valence-electron chi connectivity index (χ1n) is 9.44. The first kappa shape index (κ1) is 17.9. The highest BCUT2D eigenvalue weighted by Crippen LogP contribution is 2.32. The van der Waals surface area contributed by atoms with E-state index in [1.807, 2.05) is 0 Å². The first-order chi connectivity index (χ1) is 11.7. The molecule has 0 spiro atoms. The second-order valence-electron chi connectivity index (χ2n) is 7.53. The average molecular weight is 350 g/mol. The van der Waals surface area contributed by atoms with Crippen LogP contribution in [-0.4, -0.2) is 37.0 Å². The summed E-state index contributed by atoms with van der Waals surface area (Å²) in [6, 6.07) is 4.64. The molecule has 2 aliphatic rings. The molecule has 3 atom stereocenters. The minimum atomic E-state index is 0.125. The Morgan fingerprint density at radius 1 is 1.38 bits per heavy atom. The van der Waals surface area contributed by atoms with E-state index in [1.165, 1.54) is 17.7 Å². The molecule has 0 aromatic carbocycles. The number of likely N-dealkylation sites (tertiary alicyclic amines) is 1. The fraction of sp³-hybridized carbons (Fsp3) is 0.737. The lowest BCUT2D eigenvalue weighted by Gasteiger charge is -2.36. The summed E-state index contributed by atoms with van der Waals surface area (Å²) in [7, 11) is 0. The Kier molecular flexibility index (Phi) is 6.31. The van der Waals surface area contributed by atoms with Crippen molar-refractivity contribution in [2.45, 2.75) is 45.1 Å². The van der Waals surface area contributed by atoms with Crippen LogP contribution in [0.4, 0.5) is 0 Å². The molecule has 1 saturated carbocycles. The molecule has 0 radical (unpaired) electrons. The van der Waals surface area contributed by atoms with Gasteiger partial charge in [0.1, 0.15) is 0 Å². The quantitative estimate of drug-likeness (QED) is 0.830. The Morgan fingerprint density at radius 2 is 2.17 bits per heavy atom. The van der Waals surface area contributed by atoms with Crippen LogP contribution in [0.25, 0.3) is 0 Å². The number of nitrogens with two attached hydrogens (primary N) is 1. The van der Waals surface area contributed by atoms with Gasteiger partial charge in [0.05, 0.1) is 6.04 Å². The summed E-state index contributed by atoms with van der Waals surface area (Å²) in [4.78, 5) is 16.6. The van der Waals surface area contributed by atoms with Gasteiger partial charge in [-0.15, -0.1) is 11.3 Å². The third kappa shape index (κ3) is 4.19. The summed E-state index contributed by atoms with van der Waals surface area (Å²) in [5.41, 5.74) is 5.84. The van der Waals surface area contributed by atoms with Gasteiger partial charge in [-0.25, -0.2) is 0 Å². The molecule has 1 aromatic heterocycles. The molecule has 4 nitrogen and oxygen atoms in total. The number of carbonyl (C=O) groups is 1. The van der Waals surface area contributed by atoms with Gasteiger partial charge >= 0.3 is 0 Å². The van der Waals surface area contributed by atoms with E-state index >= 15 is 0 Å². The smallest absolute Gasteiger partial charge is 0.223 e. The van der Waals surface area contributed by atoms with E-state index in [1.54, 1.807) is 11.3 Å². The van der Waals surface area contributed by atoms with Crippen molar-refractivity contribution in [3.8, 4) is 0 Å². The van der Waals surface area contributed by atoms with Gasteiger partial charge in [-0.1, -0.05) is 19.4 Å². The van der Waals surface area contributed by atoms with Gasteiger partial charge in [-0.05, 0) is 68.6 Å². The molecule has 1 aliphatic heterocycles. The molecule has 1 unspecified atom stereocenters. The number of nitrogens with one attached hydrogen (secondary N) is 1.